The van der Waals surface area contributed by atoms with Gasteiger partial charge in [-0.1, -0.05) is 79.1 Å². The van der Waals surface area contributed by atoms with Crippen LogP contribution in [0.3, 0.4) is 0 Å². The van der Waals surface area contributed by atoms with Crippen molar-refractivity contribution in [3.05, 3.63) is 0 Å². The molecule has 0 aromatic carbocycles. The molecule has 97 heavy (non-hydrogen) atoms. The molecule has 14 atom stereocenters. The Hall–Kier alpha value is -5.99. The van der Waals surface area contributed by atoms with Gasteiger partial charge < -0.3 is 60.0 Å². The molecular weight excluding hydrogens is 1300 g/mol. The van der Waals surface area contributed by atoms with E-state index in [2.05, 4.69) is 16.0 Å². The average Bonchev–Trinajstić information content (AvgIpc) is 1.47. The van der Waals surface area contributed by atoms with Crippen molar-refractivity contribution in [1.29, 1.82) is 0 Å². The third-order valence-corrected chi connectivity index (χ3v) is 22.4. The summed E-state index contributed by atoms with van der Waals surface area (Å²) in [4.78, 5) is 186. The second-order valence-corrected chi connectivity index (χ2v) is 29.9. The monoisotopic (exact) mass is 1410 g/mol. The Labute approximate surface area is 582 Å². The quantitative estimate of drug-likeness (QED) is 0.224. The zero-order chi connectivity index (χ0) is 72.7. The molecule has 5 fully saturated rings. The Morgan fingerprint density at radius 1 is 0.546 bits per heavy atom. The largest absolute Gasteiger partial charge is 0.393 e. The summed E-state index contributed by atoms with van der Waals surface area (Å²) in [6.07, 6.45) is 3.89. The van der Waals surface area contributed by atoms with E-state index in [9.17, 15) is 56.3 Å². The lowest BCUT2D eigenvalue weighted by atomic mass is 9.78. The Morgan fingerprint density at radius 3 is 1.73 bits per heavy atom. The van der Waals surface area contributed by atoms with Crippen LogP contribution in [0.2, 0.25) is 0 Å². The Kier molecular flexibility index (Phi) is 31.1. The van der Waals surface area contributed by atoms with E-state index in [1.54, 1.807) is 25.7 Å². The fraction of sp³-hybridized carbons (Fsp3) is 0.824. The number of likely N-dealkylation sites (tertiary alicyclic amines) is 1. The van der Waals surface area contributed by atoms with Gasteiger partial charge >= 0.3 is 6.18 Å². The van der Waals surface area contributed by atoms with Crippen LogP contribution < -0.4 is 16.0 Å². The number of carbonyl (C=O) groups is 12. The van der Waals surface area contributed by atoms with Crippen molar-refractivity contribution in [2.45, 2.75) is 235 Å². The van der Waals surface area contributed by atoms with Gasteiger partial charge in [-0.15, -0.1) is 23.2 Å². The highest BCUT2D eigenvalue weighted by molar-refractivity contribution is 6.21. The number of carbonyl (C=O) groups excluding carboxylic acids is 12. The lowest BCUT2D eigenvalue weighted by molar-refractivity contribution is -0.182. The fourth-order valence-electron chi connectivity index (χ4n) is 14.5. The van der Waals surface area contributed by atoms with E-state index in [-0.39, 0.29) is 56.8 Å². The molecule has 24 nitrogen and oxygen atoms in total. The first-order chi connectivity index (χ1) is 45.4. The normalized spacial score (nSPS) is 30.9. The highest BCUT2D eigenvalue weighted by Gasteiger charge is 2.48. The number of likely N-dealkylation sites (N-methyl/N-ethyl adjacent to an activating group) is 8. The number of rotatable bonds is 11. The molecule has 5 aliphatic rings. The predicted octanol–water partition coefficient (Wildman–Crippen LogP) is 5.24. The van der Waals surface area contributed by atoms with E-state index in [1.807, 2.05) is 6.92 Å². The van der Waals surface area contributed by atoms with E-state index in [4.69, 9.17) is 23.2 Å². The molecule has 5 unspecified atom stereocenters. The summed E-state index contributed by atoms with van der Waals surface area (Å²) < 4.78 is 42.0. The summed E-state index contributed by atoms with van der Waals surface area (Å²) in [5.74, 6) is -11.8. The molecule has 3 N–H and O–H groups in total. The van der Waals surface area contributed by atoms with Crippen molar-refractivity contribution in [2.75, 3.05) is 89.1 Å². The molecule has 2 saturated heterocycles. The SMILES string of the molecule is CC[C@H](C)[C@@H]1NC(=O)[C@H](C)N(C)C(=O)C[C@@H](C(=O)N2CCCC2)N(C)C(=O)[C@H](C(C)C)N(C)C(=O)[C@H](C)NC(=O)[C@H](CC2CCCCC2Cl)N(C)C(=O)[C@H](CCC2CCC(C(F)(F)F)C(Cl)C2)NC(=O)CN(C)C(=O)[C@H](CC2CCCCC2)N(C)C(=O)CN(C)C(=O)CN(C)C1=O. The maximum Gasteiger partial charge on any atom is 0.393 e. The van der Waals surface area contributed by atoms with Crippen LogP contribution in [0.4, 0.5) is 13.2 Å². The first kappa shape index (κ1) is 81.7. The van der Waals surface area contributed by atoms with E-state index >= 15 is 14.4 Å². The minimum Gasteiger partial charge on any atom is -0.343 e. The standard InChI is InChI=1S/C68H111Cl2F3N12O12/c1-15-41(4)58-66(96)79(9)38-56(88)77(7)39-57(89)81(11)52(34-44-23-17-16-18-24-44)64(94)78(8)37-54(86)75-50(30-28-45-27-29-47(49(70)33-45)68(71,72)73)63(93)82(12)51(35-46-25-19-20-26-48(46)69)61(91)74-42(5)62(92)84(14)59(40(2)3)67(97)83(13)53(65(95)85-31-21-22-32-85)36-55(87)80(10)43(6)60(90)76-58/h40-53,58-59H,15-39H2,1-14H3,(H,74,91)(H,75,86)(H,76,90)/t41-,42-,43-,45?,46?,47?,48?,49?,50-,51-,52-,53-,58-,59-/m0/s1. The van der Waals surface area contributed by atoms with Crippen molar-refractivity contribution >= 4 is 94.1 Å². The molecule has 2 heterocycles. The minimum absolute atomic E-state index is 0.0157. The predicted molar refractivity (Wildman–Crippen MR) is 361 cm³/mol. The third-order valence-electron chi connectivity index (χ3n) is 21.4. The van der Waals surface area contributed by atoms with Crippen LogP contribution in [0.5, 0.6) is 0 Å². The van der Waals surface area contributed by atoms with Crippen molar-refractivity contribution < 1.29 is 70.7 Å². The van der Waals surface area contributed by atoms with Crippen molar-refractivity contribution in [3.63, 3.8) is 0 Å². The average molecular weight is 1420 g/mol. The summed E-state index contributed by atoms with van der Waals surface area (Å²) in [7, 11) is 11.0. The van der Waals surface area contributed by atoms with Gasteiger partial charge in [0.15, 0.2) is 0 Å². The molecule has 12 amide bonds. The van der Waals surface area contributed by atoms with Crippen LogP contribution in [-0.4, -0.2) is 269 Å². The molecule has 3 saturated carbocycles. The highest BCUT2D eigenvalue weighted by Crippen LogP contribution is 2.44. The number of hydrogen-bond donors (Lipinski definition) is 3. The first-order valence-electron chi connectivity index (χ1n) is 35.0. The Balaban J connectivity index is 1.59. The molecule has 5 rings (SSSR count). The third kappa shape index (κ3) is 22.0. The summed E-state index contributed by atoms with van der Waals surface area (Å²) in [6.45, 7) is 8.81. The zero-order valence-corrected chi connectivity index (χ0v) is 61.2. The summed E-state index contributed by atoms with van der Waals surface area (Å²) in [5.41, 5.74) is 0. The van der Waals surface area contributed by atoms with Crippen LogP contribution in [0, 0.1) is 35.5 Å². The lowest BCUT2D eigenvalue weighted by Gasteiger charge is -2.39. The number of alkyl halides is 5. The second kappa shape index (κ2) is 36.9. The smallest absolute Gasteiger partial charge is 0.343 e. The lowest BCUT2D eigenvalue weighted by Crippen LogP contribution is -2.61. The second-order valence-electron chi connectivity index (χ2n) is 28.8. The van der Waals surface area contributed by atoms with Crippen LogP contribution in [0.15, 0.2) is 0 Å². The van der Waals surface area contributed by atoms with Gasteiger partial charge in [0.05, 0.1) is 32.0 Å². The van der Waals surface area contributed by atoms with Crippen molar-refractivity contribution in [1.82, 2.24) is 60.0 Å². The van der Waals surface area contributed by atoms with Gasteiger partial charge in [-0.05, 0) is 114 Å². The molecule has 0 aromatic rings. The maximum absolute atomic E-state index is 15.3. The number of halogens is 5. The number of hydrogen-bond acceptors (Lipinski definition) is 12. The molecule has 0 aromatic heterocycles. The van der Waals surface area contributed by atoms with E-state index in [0.717, 1.165) is 74.3 Å². The molecule has 0 radical (unpaired) electrons. The van der Waals surface area contributed by atoms with Gasteiger partial charge in [0.2, 0.25) is 70.9 Å². The van der Waals surface area contributed by atoms with Crippen LogP contribution in [0.25, 0.3) is 0 Å². The highest BCUT2D eigenvalue weighted by atomic mass is 35.5. The van der Waals surface area contributed by atoms with Gasteiger partial charge in [0, 0.05) is 80.2 Å². The summed E-state index contributed by atoms with van der Waals surface area (Å²) in [6, 6.07) is -10.4. The minimum atomic E-state index is -4.53. The maximum atomic E-state index is 15.3. The van der Waals surface area contributed by atoms with Crippen LogP contribution in [-0.2, 0) is 57.5 Å². The summed E-state index contributed by atoms with van der Waals surface area (Å²) >= 11 is 13.4. The molecule has 0 bridgehead atoms. The van der Waals surface area contributed by atoms with Gasteiger partial charge in [0.25, 0.3) is 0 Å². The number of nitrogens with zero attached hydrogens (tertiary/aromatic N) is 9. The molecule has 29 heteroatoms. The van der Waals surface area contributed by atoms with Gasteiger partial charge in [0.1, 0.15) is 48.3 Å². The Morgan fingerprint density at radius 2 is 1.14 bits per heavy atom. The van der Waals surface area contributed by atoms with Crippen LogP contribution >= 0.6 is 23.2 Å². The zero-order valence-electron chi connectivity index (χ0n) is 59.7. The van der Waals surface area contributed by atoms with E-state index in [0.29, 0.717) is 45.2 Å². The molecule has 550 valence electrons. The summed E-state index contributed by atoms with van der Waals surface area (Å²) in [5, 5.41) is 6.71. The van der Waals surface area contributed by atoms with Crippen molar-refractivity contribution in [3.8, 4) is 0 Å². The fourth-order valence-corrected chi connectivity index (χ4v) is 15.4. The molecule has 0 spiro atoms. The molecule has 3 aliphatic carbocycles. The first-order valence-corrected chi connectivity index (χ1v) is 35.9. The van der Waals surface area contributed by atoms with Crippen molar-refractivity contribution in [2.24, 2.45) is 35.5 Å². The molecule has 2 aliphatic heterocycles. The topological polar surface area (TPSA) is 270 Å². The number of nitrogens with one attached hydrogen (secondary N) is 3. The van der Waals surface area contributed by atoms with Gasteiger partial charge in [-0.25, -0.2) is 0 Å². The Bertz CT molecular complexity index is 2780. The van der Waals surface area contributed by atoms with Gasteiger partial charge in [-0.3, -0.25) is 57.5 Å². The van der Waals surface area contributed by atoms with Gasteiger partial charge in [-0.2, -0.15) is 13.2 Å². The number of amides is 12. The van der Waals surface area contributed by atoms with E-state index < -0.39 is 186 Å². The molecular formula is C68H111Cl2F3N12O12. The van der Waals surface area contributed by atoms with Crippen LogP contribution in [0.1, 0.15) is 170 Å². The van der Waals surface area contributed by atoms with E-state index in [1.165, 1.54) is 80.0 Å².